The predicted molar refractivity (Wildman–Crippen MR) is 139 cm³/mol. The van der Waals surface area contributed by atoms with E-state index >= 15 is 0 Å². The number of aromatic nitrogens is 5. The summed E-state index contributed by atoms with van der Waals surface area (Å²) in [6, 6.07) is 21.0. The Hall–Kier alpha value is -4.03. The van der Waals surface area contributed by atoms with Crippen LogP contribution in [0.4, 0.5) is 0 Å². The highest BCUT2D eigenvalue weighted by Crippen LogP contribution is 2.33. The Morgan fingerprint density at radius 3 is 2.65 bits per heavy atom. The average Bonchev–Trinajstić information content (AvgIpc) is 3.45. The highest BCUT2D eigenvalue weighted by molar-refractivity contribution is 6.00. The number of benzene rings is 3. The molecule has 6 aromatic rings. The molecule has 3 N–H and O–H groups in total. The first-order valence-corrected chi connectivity index (χ1v) is 11.5. The molecule has 0 radical (unpaired) electrons. The van der Waals surface area contributed by atoms with Gasteiger partial charge in [0, 0.05) is 40.8 Å². The van der Waals surface area contributed by atoms with Crippen LogP contribution in [0.25, 0.3) is 55.4 Å². The van der Waals surface area contributed by atoms with Gasteiger partial charge in [-0.15, -0.1) is 0 Å². The lowest BCUT2D eigenvalue weighted by Crippen LogP contribution is -2.35. The van der Waals surface area contributed by atoms with Gasteiger partial charge in [-0.2, -0.15) is 5.10 Å². The zero-order valence-corrected chi connectivity index (χ0v) is 19.5. The van der Waals surface area contributed by atoms with Crippen molar-refractivity contribution in [3.05, 3.63) is 78.6 Å². The molecule has 6 heteroatoms. The molecule has 0 spiro atoms. The molecule has 34 heavy (non-hydrogen) atoms. The Labute approximate surface area is 197 Å². The van der Waals surface area contributed by atoms with Crippen molar-refractivity contribution in [2.75, 3.05) is 0 Å². The molecule has 3 heterocycles. The molecule has 0 saturated heterocycles. The second-order valence-corrected chi connectivity index (χ2v) is 9.74. The van der Waals surface area contributed by atoms with Gasteiger partial charge in [-0.25, -0.2) is 4.98 Å². The van der Waals surface area contributed by atoms with Crippen LogP contribution in [0.3, 0.4) is 0 Å². The molecular formula is C28H26N6. The maximum atomic E-state index is 4.97. The maximum Gasteiger partial charge on any atom is 0.159 e. The summed E-state index contributed by atoms with van der Waals surface area (Å²) in [6.07, 6.45) is 3.83. The van der Waals surface area contributed by atoms with Crippen LogP contribution in [-0.2, 0) is 6.54 Å². The number of nitrogens with one attached hydrogen (secondary N) is 3. The predicted octanol–water partition coefficient (Wildman–Crippen LogP) is 6.21. The van der Waals surface area contributed by atoms with E-state index < -0.39 is 0 Å². The SMILES string of the molecule is CC(C)(C)NCc1cccc2[nH]c(-c3n[nH]c4ccc(-c5cncc6ccccc56)cc34)nc12. The van der Waals surface area contributed by atoms with E-state index in [0.717, 1.165) is 62.1 Å². The van der Waals surface area contributed by atoms with Gasteiger partial charge in [-0.05, 0) is 55.5 Å². The average molecular weight is 447 g/mol. The minimum absolute atomic E-state index is 0.0343. The summed E-state index contributed by atoms with van der Waals surface area (Å²) in [6.45, 7) is 7.26. The van der Waals surface area contributed by atoms with Crippen molar-refractivity contribution in [2.24, 2.45) is 0 Å². The summed E-state index contributed by atoms with van der Waals surface area (Å²) in [7, 11) is 0. The second kappa shape index (κ2) is 7.78. The first-order chi connectivity index (χ1) is 16.5. The summed E-state index contributed by atoms with van der Waals surface area (Å²) in [4.78, 5) is 12.9. The fraction of sp³-hybridized carbons (Fsp3) is 0.179. The summed E-state index contributed by atoms with van der Waals surface area (Å²) < 4.78 is 0. The largest absolute Gasteiger partial charge is 0.337 e. The summed E-state index contributed by atoms with van der Waals surface area (Å²) in [5, 5.41) is 14.7. The molecule has 0 atom stereocenters. The normalized spacial score (nSPS) is 12.2. The zero-order valence-electron chi connectivity index (χ0n) is 19.5. The number of H-pyrrole nitrogens is 2. The molecule has 0 saturated carbocycles. The van der Waals surface area contributed by atoms with Crippen LogP contribution >= 0.6 is 0 Å². The van der Waals surface area contributed by atoms with Crippen molar-refractivity contribution in [1.82, 2.24) is 30.5 Å². The van der Waals surface area contributed by atoms with Gasteiger partial charge >= 0.3 is 0 Å². The third-order valence-corrected chi connectivity index (χ3v) is 6.17. The van der Waals surface area contributed by atoms with Crippen LogP contribution in [0, 0.1) is 0 Å². The second-order valence-electron chi connectivity index (χ2n) is 9.74. The molecule has 168 valence electrons. The number of pyridine rings is 1. The Kier molecular flexibility index (Phi) is 4.71. The van der Waals surface area contributed by atoms with Crippen LogP contribution < -0.4 is 5.32 Å². The molecule has 0 bridgehead atoms. The topological polar surface area (TPSA) is 82.3 Å². The van der Waals surface area contributed by atoms with Crippen molar-refractivity contribution in [1.29, 1.82) is 0 Å². The molecule has 0 amide bonds. The van der Waals surface area contributed by atoms with E-state index in [-0.39, 0.29) is 5.54 Å². The van der Waals surface area contributed by atoms with E-state index in [1.807, 2.05) is 18.5 Å². The third-order valence-electron chi connectivity index (χ3n) is 6.17. The fourth-order valence-corrected chi connectivity index (χ4v) is 4.42. The van der Waals surface area contributed by atoms with E-state index in [0.29, 0.717) is 0 Å². The highest BCUT2D eigenvalue weighted by atomic mass is 15.1. The molecule has 0 aliphatic carbocycles. The molecule has 3 aromatic carbocycles. The van der Waals surface area contributed by atoms with Crippen molar-refractivity contribution >= 4 is 32.7 Å². The standard InChI is InChI=1S/C28H26N6/c1-28(2,3)30-15-19-8-6-10-24-25(19)32-27(31-24)26-21-13-17(11-12-23(21)33-34-26)22-16-29-14-18-7-4-5-9-20(18)22/h4-14,16,30H,15H2,1-3H3,(H,31,32)(H,33,34). The van der Waals surface area contributed by atoms with Crippen molar-refractivity contribution in [2.45, 2.75) is 32.9 Å². The molecule has 6 rings (SSSR count). The van der Waals surface area contributed by atoms with Gasteiger partial charge in [0.25, 0.3) is 0 Å². The van der Waals surface area contributed by atoms with Gasteiger partial charge in [-0.1, -0.05) is 42.5 Å². The van der Waals surface area contributed by atoms with E-state index in [1.54, 1.807) is 0 Å². The Morgan fingerprint density at radius 2 is 1.76 bits per heavy atom. The molecule has 0 unspecified atom stereocenters. The number of rotatable bonds is 4. The van der Waals surface area contributed by atoms with Crippen LogP contribution in [0.15, 0.2) is 73.1 Å². The molecule has 3 aromatic heterocycles. The van der Waals surface area contributed by atoms with Gasteiger partial charge in [-0.3, -0.25) is 10.1 Å². The van der Waals surface area contributed by atoms with E-state index in [4.69, 9.17) is 4.98 Å². The van der Waals surface area contributed by atoms with Gasteiger partial charge in [0.05, 0.1) is 16.6 Å². The van der Waals surface area contributed by atoms with Crippen molar-refractivity contribution < 1.29 is 0 Å². The van der Waals surface area contributed by atoms with Gasteiger partial charge in [0.15, 0.2) is 5.82 Å². The number of para-hydroxylation sites is 1. The molecule has 6 nitrogen and oxygen atoms in total. The van der Waals surface area contributed by atoms with Crippen LogP contribution in [0.2, 0.25) is 0 Å². The lowest BCUT2D eigenvalue weighted by atomic mass is 9.99. The number of fused-ring (bicyclic) bond motifs is 3. The quantitative estimate of drug-likeness (QED) is 0.301. The number of hydrogen-bond donors (Lipinski definition) is 3. The number of hydrogen-bond acceptors (Lipinski definition) is 4. The minimum Gasteiger partial charge on any atom is -0.337 e. The number of imidazole rings is 1. The summed E-state index contributed by atoms with van der Waals surface area (Å²) in [5.74, 6) is 0.762. The van der Waals surface area contributed by atoms with Gasteiger partial charge in [0.2, 0.25) is 0 Å². The Bertz CT molecular complexity index is 1650. The monoisotopic (exact) mass is 446 g/mol. The van der Waals surface area contributed by atoms with Crippen LogP contribution in [0.5, 0.6) is 0 Å². The Morgan fingerprint density at radius 1 is 0.882 bits per heavy atom. The van der Waals surface area contributed by atoms with Crippen molar-refractivity contribution in [3.8, 4) is 22.6 Å². The van der Waals surface area contributed by atoms with Crippen LogP contribution in [-0.4, -0.2) is 30.7 Å². The summed E-state index contributed by atoms with van der Waals surface area (Å²) in [5.41, 5.74) is 7.17. The molecular weight excluding hydrogens is 420 g/mol. The minimum atomic E-state index is 0.0343. The lowest BCUT2D eigenvalue weighted by Gasteiger charge is -2.20. The first-order valence-electron chi connectivity index (χ1n) is 11.5. The van der Waals surface area contributed by atoms with E-state index in [1.165, 1.54) is 5.39 Å². The smallest absolute Gasteiger partial charge is 0.159 e. The zero-order chi connectivity index (χ0) is 23.3. The number of aromatic amines is 2. The summed E-state index contributed by atoms with van der Waals surface area (Å²) >= 11 is 0. The number of nitrogens with zero attached hydrogens (tertiary/aromatic N) is 3. The van der Waals surface area contributed by atoms with Gasteiger partial charge in [0.1, 0.15) is 5.69 Å². The van der Waals surface area contributed by atoms with Crippen molar-refractivity contribution in [3.63, 3.8) is 0 Å². The molecule has 0 aliphatic heterocycles. The molecule has 0 fully saturated rings. The third kappa shape index (κ3) is 3.62. The fourth-order valence-electron chi connectivity index (χ4n) is 4.42. The van der Waals surface area contributed by atoms with E-state index in [9.17, 15) is 0 Å². The lowest BCUT2D eigenvalue weighted by molar-refractivity contribution is 0.425. The van der Waals surface area contributed by atoms with E-state index in [2.05, 4.69) is 101 Å². The Balaban J connectivity index is 1.46. The molecule has 0 aliphatic rings. The first kappa shape index (κ1) is 20.6. The van der Waals surface area contributed by atoms with Crippen LogP contribution in [0.1, 0.15) is 26.3 Å². The highest BCUT2D eigenvalue weighted by Gasteiger charge is 2.16. The maximum absolute atomic E-state index is 4.97. The van der Waals surface area contributed by atoms with Gasteiger partial charge < -0.3 is 10.3 Å².